The lowest BCUT2D eigenvalue weighted by Crippen LogP contribution is -2.32. The molecule has 0 aliphatic carbocycles. The minimum absolute atomic E-state index is 0.106. The van der Waals surface area contributed by atoms with Crippen LogP contribution < -0.4 is 10.6 Å². The number of sulfone groups is 1. The van der Waals surface area contributed by atoms with E-state index >= 15 is 0 Å². The van der Waals surface area contributed by atoms with Crippen molar-refractivity contribution >= 4 is 50.4 Å². The molecule has 0 saturated carbocycles. The third-order valence-electron chi connectivity index (χ3n) is 4.17. The van der Waals surface area contributed by atoms with Crippen LogP contribution in [0.4, 0.5) is 5.69 Å². The van der Waals surface area contributed by atoms with Crippen LogP contribution in [0.2, 0.25) is 0 Å². The molecule has 1 aliphatic heterocycles. The van der Waals surface area contributed by atoms with Crippen LogP contribution >= 0.6 is 23.1 Å². The van der Waals surface area contributed by atoms with Gasteiger partial charge in [0.1, 0.15) is 0 Å². The van der Waals surface area contributed by atoms with E-state index in [0.29, 0.717) is 12.2 Å². The number of amides is 2. The van der Waals surface area contributed by atoms with E-state index in [1.807, 2.05) is 17.5 Å². The fraction of sp³-hybridized carbons (Fsp3) is 0.333. The highest BCUT2D eigenvalue weighted by molar-refractivity contribution is 8.01. The molecule has 27 heavy (non-hydrogen) atoms. The first kappa shape index (κ1) is 19.9. The first-order chi connectivity index (χ1) is 12.8. The van der Waals surface area contributed by atoms with Crippen molar-refractivity contribution < 1.29 is 18.0 Å². The van der Waals surface area contributed by atoms with Crippen molar-refractivity contribution in [2.75, 3.05) is 11.1 Å². The fourth-order valence-electron chi connectivity index (χ4n) is 2.64. The second-order valence-electron chi connectivity index (χ2n) is 6.39. The molecule has 2 heterocycles. The van der Waals surface area contributed by atoms with Gasteiger partial charge in [-0.3, -0.25) is 9.59 Å². The summed E-state index contributed by atoms with van der Waals surface area (Å²) in [4.78, 5) is 26.0. The summed E-state index contributed by atoms with van der Waals surface area (Å²) in [5.41, 5.74) is 0.499. The predicted octanol–water partition coefficient (Wildman–Crippen LogP) is 2.91. The topological polar surface area (TPSA) is 92.3 Å². The van der Waals surface area contributed by atoms with E-state index in [2.05, 4.69) is 10.6 Å². The molecule has 2 aromatic rings. The molecule has 1 aromatic heterocycles. The number of carbonyl (C=O) groups is 2. The Hall–Kier alpha value is -1.84. The fourth-order valence-corrected chi connectivity index (χ4v) is 5.79. The third kappa shape index (κ3) is 4.72. The van der Waals surface area contributed by atoms with Gasteiger partial charge in [-0.25, -0.2) is 8.42 Å². The van der Waals surface area contributed by atoms with Crippen molar-refractivity contribution in [3.63, 3.8) is 0 Å². The quantitative estimate of drug-likeness (QED) is 0.744. The Morgan fingerprint density at radius 1 is 1.33 bits per heavy atom. The minimum Gasteiger partial charge on any atom is -0.351 e. The maximum Gasteiger partial charge on any atom is 0.237 e. The molecule has 1 aliphatic rings. The van der Waals surface area contributed by atoms with E-state index in [-0.39, 0.29) is 27.7 Å². The highest BCUT2D eigenvalue weighted by Gasteiger charge is 2.27. The predicted molar refractivity (Wildman–Crippen MR) is 108 cm³/mol. The average Bonchev–Trinajstić information content (AvgIpc) is 3.13. The SMILES string of the molecule is C[C@H](CS(=O)(=O)c1ccc2c(c1)NC(=O)[C@@H](C)S2)C(=O)NCc1cccs1. The average molecular weight is 425 g/mol. The van der Waals surface area contributed by atoms with Crippen LogP contribution in [0.15, 0.2) is 45.5 Å². The second kappa shape index (κ2) is 8.04. The maximum atomic E-state index is 12.7. The highest BCUT2D eigenvalue weighted by atomic mass is 32.2. The zero-order valence-electron chi connectivity index (χ0n) is 14.9. The van der Waals surface area contributed by atoms with Gasteiger partial charge in [0.05, 0.1) is 28.1 Å². The molecule has 2 amide bonds. The molecule has 0 fully saturated rings. The number of thiophene rings is 1. The molecule has 0 bridgehead atoms. The molecule has 0 spiro atoms. The Balaban J connectivity index is 1.68. The maximum absolute atomic E-state index is 12.7. The number of anilines is 1. The van der Waals surface area contributed by atoms with Gasteiger partial charge in [-0.05, 0) is 36.6 Å². The molecular formula is C18H20N2O4S3. The number of rotatable bonds is 6. The Labute approximate surface area is 166 Å². The summed E-state index contributed by atoms with van der Waals surface area (Å²) in [5.74, 6) is -1.43. The van der Waals surface area contributed by atoms with Gasteiger partial charge in [0, 0.05) is 15.7 Å². The van der Waals surface area contributed by atoms with Gasteiger partial charge in [0.15, 0.2) is 9.84 Å². The number of thioether (sulfide) groups is 1. The van der Waals surface area contributed by atoms with Gasteiger partial charge < -0.3 is 10.6 Å². The number of benzene rings is 1. The summed E-state index contributed by atoms with van der Waals surface area (Å²) < 4.78 is 25.4. The molecular weight excluding hydrogens is 404 g/mol. The molecule has 0 unspecified atom stereocenters. The van der Waals surface area contributed by atoms with E-state index in [1.165, 1.54) is 35.2 Å². The van der Waals surface area contributed by atoms with Crippen molar-refractivity contribution in [3.05, 3.63) is 40.6 Å². The monoisotopic (exact) mass is 424 g/mol. The van der Waals surface area contributed by atoms with E-state index in [1.54, 1.807) is 19.9 Å². The highest BCUT2D eigenvalue weighted by Crippen LogP contribution is 2.37. The summed E-state index contributed by atoms with van der Waals surface area (Å²) in [6.45, 7) is 3.78. The van der Waals surface area contributed by atoms with E-state index < -0.39 is 15.8 Å². The molecule has 6 nitrogen and oxygen atoms in total. The van der Waals surface area contributed by atoms with Crippen LogP contribution in [-0.4, -0.2) is 31.2 Å². The van der Waals surface area contributed by atoms with Crippen molar-refractivity contribution in [1.82, 2.24) is 5.32 Å². The lowest BCUT2D eigenvalue weighted by atomic mass is 10.2. The van der Waals surface area contributed by atoms with Gasteiger partial charge in [0.25, 0.3) is 0 Å². The number of hydrogen-bond acceptors (Lipinski definition) is 6. The molecule has 2 N–H and O–H groups in total. The summed E-state index contributed by atoms with van der Waals surface area (Å²) in [6, 6.07) is 8.50. The summed E-state index contributed by atoms with van der Waals surface area (Å²) in [7, 11) is -3.66. The first-order valence-corrected chi connectivity index (χ1v) is 11.8. The van der Waals surface area contributed by atoms with E-state index in [4.69, 9.17) is 0 Å². The Kier molecular flexibility index (Phi) is 5.92. The smallest absolute Gasteiger partial charge is 0.237 e. The zero-order chi connectivity index (χ0) is 19.6. The standard InChI is InChI=1S/C18H20N2O4S3/c1-11(17(21)19-9-13-4-3-7-25-13)10-27(23,24)14-5-6-16-15(8-14)20-18(22)12(2)26-16/h3-8,11-12H,9-10H2,1-2H3,(H,19,21)(H,20,22)/t11-,12-/m1/s1. The summed E-state index contributed by atoms with van der Waals surface area (Å²) >= 11 is 2.92. The third-order valence-corrected chi connectivity index (χ3v) is 8.14. The van der Waals surface area contributed by atoms with Gasteiger partial charge in [0.2, 0.25) is 11.8 Å². The Morgan fingerprint density at radius 3 is 2.81 bits per heavy atom. The summed E-state index contributed by atoms with van der Waals surface area (Å²) in [5, 5.41) is 7.20. The molecule has 0 saturated heterocycles. The number of nitrogens with one attached hydrogen (secondary N) is 2. The van der Waals surface area contributed by atoms with Crippen LogP contribution in [0.25, 0.3) is 0 Å². The van der Waals surface area contributed by atoms with Crippen LogP contribution in [0, 0.1) is 5.92 Å². The molecule has 9 heteroatoms. The largest absolute Gasteiger partial charge is 0.351 e. The Morgan fingerprint density at radius 2 is 2.11 bits per heavy atom. The number of carbonyl (C=O) groups excluding carboxylic acids is 2. The molecule has 144 valence electrons. The molecule has 3 rings (SSSR count). The van der Waals surface area contributed by atoms with Gasteiger partial charge in [-0.2, -0.15) is 0 Å². The first-order valence-electron chi connectivity index (χ1n) is 8.40. The van der Waals surface area contributed by atoms with Crippen LogP contribution in [0.1, 0.15) is 18.7 Å². The van der Waals surface area contributed by atoms with Crippen LogP contribution in [-0.2, 0) is 26.0 Å². The van der Waals surface area contributed by atoms with E-state index in [9.17, 15) is 18.0 Å². The van der Waals surface area contributed by atoms with Crippen molar-refractivity contribution in [2.24, 2.45) is 5.92 Å². The van der Waals surface area contributed by atoms with Gasteiger partial charge in [-0.1, -0.05) is 13.0 Å². The van der Waals surface area contributed by atoms with Gasteiger partial charge in [-0.15, -0.1) is 23.1 Å². The molecule has 2 atom stereocenters. The number of fused-ring (bicyclic) bond motifs is 1. The number of hydrogen-bond donors (Lipinski definition) is 2. The molecule has 0 radical (unpaired) electrons. The lowest BCUT2D eigenvalue weighted by Gasteiger charge is -2.22. The van der Waals surface area contributed by atoms with Crippen molar-refractivity contribution in [1.29, 1.82) is 0 Å². The minimum atomic E-state index is -3.66. The van der Waals surface area contributed by atoms with Gasteiger partial charge >= 0.3 is 0 Å². The Bertz CT molecular complexity index is 955. The molecule has 1 aromatic carbocycles. The summed E-state index contributed by atoms with van der Waals surface area (Å²) in [6.07, 6.45) is 0. The van der Waals surface area contributed by atoms with Crippen molar-refractivity contribution in [3.8, 4) is 0 Å². The van der Waals surface area contributed by atoms with Crippen LogP contribution in [0.3, 0.4) is 0 Å². The van der Waals surface area contributed by atoms with Crippen LogP contribution in [0.5, 0.6) is 0 Å². The lowest BCUT2D eigenvalue weighted by molar-refractivity contribution is -0.124. The normalized spacial score (nSPS) is 17.7. The van der Waals surface area contributed by atoms with Crippen molar-refractivity contribution in [2.45, 2.75) is 35.4 Å². The zero-order valence-corrected chi connectivity index (χ0v) is 17.3. The second-order valence-corrected chi connectivity index (χ2v) is 10.8. The van der Waals surface area contributed by atoms with E-state index in [0.717, 1.165) is 9.77 Å².